The van der Waals surface area contributed by atoms with Crippen LogP contribution in [0.15, 0.2) is 71.9 Å². The molecule has 6 rings (SSSR count). The lowest BCUT2D eigenvalue weighted by Gasteiger charge is -2.32. The van der Waals surface area contributed by atoms with E-state index >= 15 is 0 Å². The average Bonchev–Trinajstić information content (AvgIpc) is 3.13. The van der Waals surface area contributed by atoms with Crippen molar-refractivity contribution in [2.24, 2.45) is 4.99 Å². The van der Waals surface area contributed by atoms with Gasteiger partial charge in [-0.2, -0.15) is 0 Å². The van der Waals surface area contributed by atoms with Gasteiger partial charge in [-0.15, -0.1) is 0 Å². The van der Waals surface area contributed by atoms with Gasteiger partial charge >= 0.3 is 0 Å². The molecular weight excluding hydrogens is 546 g/mol. The minimum Gasteiger partial charge on any atom is -0.337 e. The van der Waals surface area contributed by atoms with Gasteiger partial charge < -0.3 is 15.5 Å². The Kier molecular flexibility index (Phi) is 7.47. The largest absolute Gasteiger partial charge is 0.337 e. The summed E-state index contributed by atoms with van der Waals surface area (Å²) in [6, 6.07) is 16.4. The first-order valence-electron chi connectivity index (χ1n) is 13.4. The highest BCUT2D eigenvalue weighted by Crippen LogP contribution is 2.34. The molecule has 1 amide bonds. The topological polar surface area (TPSA) is 82.5 Å². The van der Waals surface area contributed by atoms with Gasteiger partial charge in [0, 0.05) is 58.3 Å². The van der Waals surface area contributed by atoms with Crippen LogP contribution in [0.1, 0.15) is 39.9 Å². The Morgan fingerprint density at radius 2 is 1.83 bits per heavy atom. The highest BCUT2D eigenvalue weighted by Gasteiger charge is 2.26. The number of nitrogens with zero attached hydrogens (tertiary/aromatic N) is 4. The Labute approximate surface area is 241 Å². The van der Waals surface area contributed by atoms with E-state index in [9.17, 15) is 13.6 Å². The number of rotatable bonds is 5. The Balaban J connectivity index is 1.28. The van der Waals surface area contributed by atoms with Gasteiger partial charge in [0.1, 0.15) is 11.6 Å². The van der Waals surface area contributed by atoms with E-state index in [1.165, 1.54) is 18.2 Å². The van der Waals surface area contributed by atoms with Crippen LogP contribution in [-0.2, 0) is 6.54 Å². The average molecular weight is 573 g/mol. The zero-order valence-corrected chi connectivity index (χ0v) is 23.1. The fourth-order valence-electron chi connectivity index (χ4n) is 5.33. The van der Waals surface area contributed by atoms with E-state index in [1.807, 2.05) is 24.1 Å². The second kappa shape index (κ2) is 11.3. The van der Waals surface area contributed by atoms with Crippen LogP contribution in [0.3, 0.4) is 0 Å². The molecule has 2 aliphatic rings. The third-order valence-electron chi connectivity index (χ3n) is 7.47. The Morgan fingerprint density at radius 3 is 2.59 bits per heavy atom. The molecule has 1 fully saturated rings. The predicted molar refractivity (Wildman–Crippen MR) is 156 cm³/mol. The molecular formula is C31H27ClF2N6O. The summed E-state index contributed by atoms with van der Waals surface area (Å²) in [5.41, 5.74) is 3.68. The van der Waals surface area contributed by atoms with Gasteiger partial charge in [-0.3, -0.25) is 9.79 Å². The Morgan fingerprint density at radius 1 is 1.05 bits per heavy atom. The predicted octanol–water partition coefficient (Wildman–Crippen LogP) is 5.99. The molecule has 0 bridgehead atoms. The molecule has 3 aromatic carbocycles. The van der Waals surface area contributed by atoms with Crippen LogP contribution in [0.2, 0.25) is 5.02 Å². The van der Waals surface area contributed by atoms with Crippen molar-refractivity contribution in [2.75, 3.05) is 25.5 Å². The van der Waals surface area contributed by atoms with Crippen molar-refractivity contribution in [3.63, 3.8) is 0 Å². The molecule has 1 unspecified atom stereocenters. The number of benzene rings is 3. The molecule has 1 atom stereocenters. The molecule has 0 radical (unpaired) electrons. The number of anilines is 2. The molecule has 208 valence electrons. The summed E-state index contributed by atoms with van der Waals surface area (Å²) < 4.78 is 29.6. The molecule has 1 saturated heterocycles. The molecule has 0 spiro atoms. The van der Waals surface area contributed by atoms with Gasteiger partial charge in [-0.25, -0.2) is 18.7 Å². The van der Waals surface area contributed by atoms with Crippen LogP contribution < -0.4 is 10.6 Å². The number of carbonyl (C=O) groups is 1. The lowest BCUT2D eigenvalue weighted by Crippen LogP contribution is -2.46. The van der Waals surface area contributed by atoms with Crippen molar-refractivity contribution in [3.05, 3.63) is 106 Å². The first-order chi connectivity index (χ1) is 19.9. The van der Waals surface area contributed by atoms with Crippen LogP contribution in [0.5, 0.6) is 0 Å². The molecule has 41 heavy (non-hydrogen) atoms. The van der Waals surface area contributed by atoms with Crippen molar-refractivity contribution in [3.8, 4) is 11.3 Å². The van der Waals surface area contributed by atoms with Crippen molar-refractivity contribution in [1.82, 2.24) is 20.2 Å². The first kappa shape index (κ1) is 27.0. The Bertz CT molecular complexity index is 1640. The summed E-state index contributed by atoms with van der Waals surface area (Å²) in [5.74, 6) is -1.08. The summed E-state index contributed by atoms with van der Waals surface area (Å²) in [6.07, 6.45) is 3.69. The smallest absolute Gasteiger partial charge is 0.253 e. The minimum absolute atomic E-state index is 0.00939. The SMILES string of the molecule is CNC1CCCN(C(=O)c2ccc(Nc3ncc4c(n3)-c3ccc(Cl)cc3C(c3c(F)cccc3F)=NC4)cc2)C1. The maximum Gasteiger partial charge on any atom is 0.253 e. The molecule has 0 saturated carbocycles. The molecule has 2 aliphatic heterocycles. The minimum atomic E-state index is -0.710. The summed E-state index contributed by atoms with van der Waals surface area (Å²) in [6.45, 7) is 1.58. The summed E-state index contributed by atoms with van der Waals surface area (Å²) in [7, 11) is 1.92. The molecule has 7 nitrogen and oxygen atoms in total. The normalized spacial score (nSPS) is 16.3. The molecule has 3 heterocycles. The van der Waals surface area contributed by atoms with Crippen molar-refractivity contribution in [1.29, 1.82) is 0 Å². The summed E-state index contributed by atoms with van der Waals surface area (Å²) in [4.78, 5) is 28.7. The van der Waals surface area contributed by atoms with Crippen molar-refractivity contribution in [2.45, 2.75) is 25.4 Å². The van der Waals surface area contributed by atoms with E-state index in [-0.39, 0.29) is 23.7 Å². The zero-order chi connectivity index (χ0) is 28.5. The number of aromatic nitrogens is 2. The monoisotopic (exact) mass is 572 g/mol. The molecule has 10 heteroatoms. The quantitative estimate of drug-likeness (QED) is 0.307. The number of likely N-dealkylation sites (tertiary alicyclic amines) is 1. The van der Waals surface area contributed by atoms with Crippen LogP contribution in [-0.4, -0.2) is 52.7 Å². The fourth-order valence-corrected chi connectivity index (χ4v) is 5.50. The second-order valence-electron chi connectivity index (χ2n) is 10.1. The summed E-state index contributed by atoms with van der Waals surface area (Å²) in [5, 5.41) is 6.87. The number of fused-ring (bicyclic) bond motifs is 3. The fraction of sp³-hybridized carbons (Fsp3) is 0.226. The van der Waals surface area contributed by atoms with Crippen LogP contribution in [0.25, 0.3) is 11.3 Å². The van der Waals surface area contributed by atoms with Gasteiger partial charge in [-0.05, 0) is 68.4 Å². The standard InChI is InChI=1S/C31H27ClF2N6O/c1-35-22-4-3-13-40(17-22)30(41)18-7-10-21(11-8-18)38-31-37-16-19-15-36-29(27-25(33)5-2-6-26(27)34)24-14-20(32)9-12-23(24)28(19)39-31/h2,5-12,14,16,22,35H,3-4,13,15,17H2,1H3,(H,37,38,39). The van der Waals surface area contributed by atoms with Crippen molar-refractivity contribution >= 4 is 34.9 Å². The number of hydrogen-bond acceptors (Lipinski definition) is 6. The van der Waals surface area contributed by atoms with Crippen LogP contribution in [0, 0.1) is 11.6 Å². The van der Waals surface area contributed by atoms with E-state index in [0.29, 0.717) is 57.2 Å². The van der Waals surface area contributed by atoms with Gasteiger partial charge in [-0.1, -0.05) is 23.7 Å². The van der Waals surface area contributed by atoms with E-state index in [0.717, 1.165) is 19.4 Å². The Hall–Kier alpha value is -4.21. The second-order valence-corrected chi connectivity index (χ2v) is 10.5. The maximum atomic E-state index is 14.8. The van der Waals surface area contributed by atoms with Crippen LogP contribution in [0.4, 0.5) is 20.4 Å². The lowest BCUT2D eigenvalue weighted by molar-refractivity contribution is 0.0698. The number of carbonyl (C=O) groups excluding carboxylic acids is 1. The van der Waals surface area contributed by atoms with E-state index in [2.05, 4.69) is 20.6 Å². The molecule has 1 aromatic heterocycles. The van der Waals surface area contributed by atoms with E-state index < -0.39 is 11.6 Å². The first-order valence-corrected chi connectivity index (χ1v) is 13.8. The zero-order valence-electron chi connectivity index (χ0n) is 22.3. The molecule has 0 aliphatic carbocycles. The summed E-state index contributed by atoms with van der Waals surface area (Å²) >= 11 is 6.31. The van der Waals surface area contributed by atoms with Gasteiger partial charge in [0.2, 0.25) is 5.95 Å². The van der Waals surface area contributed by atoms with Crippen molar-refractivity contribution < 1.29 is 13.6 Å². The van der Waals surface area contributed by atoms with Gasteiger partial charge in [0.15, 0.2) is 0 Å². The van der Waals surface area contributed by atoms with Gasteiger partial charge in [0.25, 0.3) is 5.91 Å². The number of halogens is 3. The molecule has 4 aromatic rings. The number of likely N-dealkylation sites (N-methyl/N-ethyl adjacent to an activating group) is 1. The van der Waals surface area contributed by atoms with Gasteiger partial charge in [0.05, 0.1) is 23.5 Å². The maximum absolute atomic E-state index is 14.8. The number of piperidine rings is 1. The molecule has 2 N–H and O–H groups in total. The number of hydrogen-bond donors (Lipinski definition) is 2. The van der Waals surface area contributed by atoms with E-state index in [4.69, 9.17) is 16.6 Å². The third kappa shape index (κ3) is 5.42. The number of aliphatic imine (C=N–C) groups is 1. The highest BCUT2D eigenvalue weighted by molar-refractivity contribution is 6.31. The third-order valence-corrected chi connectivity index (χ3v) is 7.70. The number of nitrogens with one attached hydrogen (secondary N) is 2. The number of amides is 1. The highest BCUT2D eigenvalue weighted by atomic mass is 35.5. The van der Waals surface area contributed by atoms with Crippen LogP contribution >= 0.6 is 11.6 Å². The lowest BCUT2D eigenvalue weighted by atomic mass is 9.95. The van der Waals surface area contributed by atoms with E-state index in [1.54, 1.807) is 36.5 Å².